The Labute approximate surface area is 145 Å². The summed E-state index contributed by atoms with van der Waals surface area (Å²) in [5.74, 6) is -0.537. The van der Waals surface area contributed by atoms with E-state index < -0.39 is 10.9 Å². The van der Waals surface area contributed by atoms with Gasteiger partial charge in [0.1, 0.15) is 0 Å². The zero-order valence-corrected chi connectivity index (χ0v) is 14.1. The van der Waals surface area contributed by atoms with Gasteiger partial charge in [-0.3, -0.25) is 10.1 Å². The monoisotopic (exact) mass is 386 g/mol. The Morgan fingerprint density at radius 1 is 1.25 bits per heavy atom. The highest BCUT2D eigenvalue weighted by Gasteiger charge is 2.26. The van der Waals surface area contributed by atoms with Gasteiger partial charge in [-0.15, -0.1) is 0 Å². The molecule has 1 aliphatic rings. The van der Waals surface area contributed by atoms with E-state index in [0.717, 1.165) is 10.0 Å². The van der Waals surface area contributed by atoms with Crippen molar-refractivity contribution in [1.82, 2.24) is 0 Å². The first-order valence-electron chi connectivity index (χ1n) is 6.98. The molecule has 2 aromatic carbocycles. The maximum atomic E-state index is 12.0. The molecule has 1 aliphatic heterocycles. The number of cyclic esters (lactones) is 1. The summed E-state index contributed by atoms with van der Waals surface area (Å²) in [6.45, 7) is 1.64. The van der Waals surface area contributed by atoms with Crippen LogP contribution in [0.15, 0.2) is 57.6 Å². The molecule has 7 heteroatoms. The zero-order valence-electron chi connectivity index (χ0n) is 12.5. The molecule has 0 radical (unpaired) electrons. The van der Waals surface area contributed by atoms with Gasteiger partial charge in [-0.25, -0.2) is 9.79 Å². The Bertz CT molecular complexity index is 919. The highest BCUT2D eigenvalue weighted by Crippen LogP contribution is 2.25. The van der Waals surface area contributed by atoms with Gasteiger partial charge in [0.25, 0.3) is 5.69 Å². The average molecular weight is 387 g/mol. The van der Waals surface area contributed by atoms with E-state index in [0.29, 0.717) is 11.1 Å². The van der Waals surface area contributed by atoms with E-state index in [1.54, 1.807) is 25.1 Å². The Balaban J connectivity index is 2.00. The molecule has 2 aromatic rings. The number of ether oxygens (including phenoxy) is 1. The molecule has 0 atom stereocenters. The van der Waals surface area contributed by atoms with Crippen LogP contribution in [0.3, 0.4) is 0 Å². The van der Waals surface area contributed by atoms with Gasteiger partial charge < -0.3 is 4.74 Å². The lowest BCUT2D eigenvalue weighted by Crippen LogP contribution is -2.06. The molecule has 120 valence electrons. The molecular weight excluding hydrogens is 376 g/mol. The molecule has 0 saturated carbocycles. The predicted molar refractivity (Wildman–Crippen MR) is 92.6 cm³/mol. The lowest BCUT2D eigenvalue weighted by atomic mass is 10.1. The fourth-order valence-electron chi connectivity index (χ4n) is 2.21. The summed E-state index contributed by atoms with van der Waals surface area (Å²) in [6, 6.07) is 12.0. The average Bonchev–Trinajstić information content (AvgIpc) is 2.91. The molecule has 0 amide bonds. The van der Waals surface area contributed by atoms with Crippen molar-refractivity contribution >= 4 is 39.6 Å². The number of hydrogen-bond donors (Lipinski definition) is 0. The predicted octanol–water partition coefficient (Wildman–Crippen LogP) is 4.01. The summed E-state index contributed by atoms with van der Waals surface area (Å²) < 4.78 is 5.97. The fraction of sp³-hybridized carbons (Fsp3) is 0.0588. The van der Waals surface area contributed by atoms with Crippen molar-refractivity contribution in [2.24, 2.45) is 4.99 Å². The standard InChI is InChI=1S/C17H11BrN2O4/c1-10-6-7-12(9-15(10)20(22)23)16-19-14(17(21)24-16)8-11-4-2-3-5-13(11)18/h2-9H,1H3. The summed E-state index contributed by atoms with van der Waals surface area (Å²) in [5, 5.41) is 11.0. The van der Waals surface area contributed by atoms with Crippen LogP contribution in [0.1, 0.15) is 16.7 Å². The molecule has 0 aromatic heterocycles. The first-order valence-corrected chi connectivity index (χ1v) is 7.77. The third kappa shape index (κ3) is 3.11. The Morgan fingerprint density at radius 3 is 2.71 bits per heavy atom. The minimum atomic E-state index is -0.594. The van der Waals surface area contributed by atoms with Crippen LogP contribution in [0, 0.1) is 17.0 Å². The second-order valence-electron chi connectivity index (χ2n) is 5.12. The van der Waals surface area contributed by atoms with Crippen molar-refractivity contribution in [1.29, 1.82) is 0 Å². The molecule has 0 aliphatic carbocycles. The van der Waals surface area contributed by atoms with Crippen LogP contribution in [0.2, 0.25) is 0 Å². The fourth-order valence-corrected chi connectivity index (χ4v) is 2.61. The smallest absolute Gasteiger partial charge is 0.363 e. The molecule has 24 heavy (non-hydrogen) atoms. The molecular formula is C17H11BrN2O4. The number of benzene rings is 2. The van der Waals surface area contributed by atoms with Crippen LogP contribution >= 0.6 is 15.9 Å². The minimum Gasteiger partial charge on any atom is -0.402 e. The topological polar surface area (TPSA) is 81.8 Å². The third-order valence-corrected chi connectivity index (χ3v) is 4.19. The summed E-state index contributed by atoms with van der Waals surface area (Å²) in [5.41, 5.74) is 1.78. The van der Waals surface area contributed by atoms with Crippen molar-refractivity contribution < 1.29 is 14.5 Å². The van der Waals surface area contributed by atoms with E-state index in [-0.39, 0.29) is 17.3 Å². The lowest BCUT2D eigenvalue weighted by Gasteiger charge is -2.01. The Kier molecular flexibility index (Phi) is 4.26. The van der Waals surface area contributed by atoms with Crippen molar-refractivity contribution in [3.8, 4) is 0 Å². The van der Waals surface area contributed by atoms with Gasteiger partial charge in [-0.1, -0.05) is 40.2 Å². The highest BCUT2D eigenvalue weighted by atomic mass is 79.9. The number of aliphatic imine (C=N–C) groups is 1. The summed E-state index contributed by atoms with van der Waals surface area (Å²) >= 11 is 3.40. The summed E-state index contributed by atoms with van der Waals surface area (Å²) in [6.07, 6.45) is 1.60. The number of halogens is 1. The normalized spacial score (nSPS) is 15.3. The van der Waals surface area contributed by atoms with Gasteiger partial charge in [0, 0.05) is 21.7 Å². The first-order chi connectivity index (χ1) is 11.5. The maximum absolute atomic E-state index is 12.0. The first kappa shape index (κ1) is 16.1. The third-order valence-electron chi connectivity index (χ3n) is 3.47. The van der Waals surface area contributed by atoms with Crippen molar-refractivity contribution in [2.75, 3.05) is 0 Å². The lowest BCUT2D eigenvalue weighted by molar-refractivity contribution is -0.385. The van der Waals surface area contributed by atoms with Gasteiger partial charge in [-0.05, 0) is 30.7 Å². The van der Waals surface area contributed by atoms with Gasteiger partial charge in [-0.2, -0.15) is 0 Å². The van der Waals surface area contributed by atoms with Crippen molar-refractivity contribution in [2.45, 2.75) is 6.92 Å². The van der Waals surface area contributed by atoms with Gasteiger partial charge in [0.05, 0.1) is 4.92 Å². The van der Waals surface area contributed by atoms with Crippen LogP contribution in [-0.2, 0) is 9.53 Å². The number of nitrogens with zero attached hydrogens (tertiary/aromatic N) is 2. The van der Waals surface area contributed by atoms with Crippen LogP contribution in [0.5, 0.6) is 0 Å². The molecule has 0 bridgehead atoms. The molecule has 0 fully saturated rings. The van der Waals surface area contributed by atoms with E-state index in [1.807, 2.05) is 24.3 Å². The molecule has 1 heterocycles. The number of nitro benzene ring substituents is 1. The highest BCUT2D eigenvalue weighted by molar-refractivity contribution is 9.10. The molecule has 6 nitrogen and oxygen atoms in total. The molecule has 0 unspecified atom stereocenters. The van der Waals surface area contributed by atoms with E-state index in [9.17, 15) is 14.9 Å². The number of rotatable bonds is 3. The van der Waals surface area contributed by atoms with Crippen LogP contribution < -0.4 is 0 Å². The molecule has 3 rings (SSSR count). The second kappa shape index (κ2) is 6.37. The van der Waals surface area contributed by atoms with E-state index in [4.69, 9.17) is 4.74 Å². The number of aryl methyl sites for hydroxylation is 1. The van der Waals surface area contributed by atoms with Crippen LogP contribution in [-0.4, -0.2) is 16.8 Å². The summed E-state index contributed by atoms with van der Waals surface area (Å²) in [7, 11) is 0. The van der Waals surface area contributed by atoms with E-state index in [1.165, 1.54) is 6.07 Å². The van der Waals surface area contributed by atoms with Crippen molar-refractivity contribution in [3.63, 3.8) is 0 Å². The van der Waals surface area contributed by atoms with Gasteiger partial charge in [0.15, 0.2) is 5.70 Å². The number of carbonyl (C=O) groups is 1. The second-order valence-corrected chi connectivity index (χ2v) is 5.97. The van der Waals surface area contributed by atoms with E-state index in [2.05, 4.69) is 20.9 Å². The van der Waals surface area contributed by atoms with Crippen LogP contribution in [0.25, 0.3) is 6.08 Å². The quantitative estimate of drug-likeness (QED) is 0.345. The minimum absolute atomic E-state index is 0.0468. The van der Waals surface area contributed by atoms with Crippen LogP contribution in [0.4, 0.5) is 5.69 Å². The maximum Gasteiger partial charge on any atom is 0.363 e. The van der Waals surface area contributed by atoms with Gasteiger partial charge in [0.2, 0.25) is 5.90 Å². The number of esters is 1. The Hall–Kier alpha value is -2.80. The Morgan fingerprint density at radius 2 is 2.00 bits per heavy atom. The van der Waals surface area contributed by atoms with Crippen molar-refractivity contribution in [3.05, 3.63) is 79.4 Å². The SMILES string of the molecule is Cc1ccc(C2=NC(=Cc3ccccc3Br)C(=O)O2)cc1[N+](=O)[O-]. The molecule has 0 N–H and O–H groups in total. The largest absolute Gasteiger partial charge is 0.402 e. The van der Waals surface area contributed by atoms with Gasteiger partial charge >= 0.3 is 5.97 Å². The summed E-state index contributed by atoms with van der Waals surface area (Å²) in [4.78, 5) is 26.7. The zero-order chi connectivity index (χ0) is 17.3. The number of nitro groups is 1. The molecule has 0 saturated heterocycles. The molecule has 0 spiro atoms. The van der Waals surface area contributed by atoms with E-state index >= 15 is 0 Å². The number of hydrogen-bond acceptors (Lipinski definition) is 5. The number of carbonyl (C=O) groups excluding carboxylic acids is 1.